The summed E-state index contributed by atoms with van der Waals surface area (Å²) in [5, 5.41) is 0. The number of esters is 1. The molecule has 2 fully saturated rings. The van der Waals surface area contributed by atoms with E-state index in [2.05, 4.69) is 0 Å². The van der Waals surface area contributed by atoms with Crippen LogP contribution in [0.5, 0.6) is 0 Å². The third-order valence-corrected chi connectivity index (χ3v) is 5.35. The fourth-order valence-electron chi connectivity index (χ4n) is 3.85. The Labute approximate surface area is 168 Å². The molecule has 0 N–H and O–H groups in total. The zero-order valence-corrected chi connectivity index (χ0v) is 16.1. The molecule has 0 aliphatic carbocycles. The highest BCUT2D eigenvalue weighted by molar-refractivity contribution is 6.33. The van der Waals surface area contributed by atoms with Gasteiger partial charge in [0.1, 0.15) is 0 Å². The predicted octanol–water partition coefficient (Wildman–Crippen LogP) is 3.37. The first-order chi connectivity index (χ1) is 14.1. The van der Waals surface area contributed by atoms with Gasteiger partial charge in [0.25, 0.3) is 11.8 Å². The van der Waals surface area contributed by atoms with Crippen LogP contribution in [0.1, 0.15) is 35.2 Å². The van der Waals surface area contributed by atoms with Crippen LogP contribution in [0.15, 0.2) is 60.2 Å². The van der Waals surface area contributed by atoms with Gasteiger partial charge in [-0.25, -0.2) is 9.69 Å². The van der Waals surface area contributed by atoms with Gasteiger partial charge in [-0.15, -0.1) is 0 Å². The van der Waals surface area contributed by atoms with Crippen molar-refractivity contribution in [3.63, 3.8) is 0 Å². The van der Waals surface area contributed by atoms with E-state index in [4.69, 9.17) is 9.47 Å². The van der Waals surface area contributed by atoms with Crippen molar-refractivity contribution >= 4 is 29.5 Å². The van der Waals surface area contributed by atoms with E-state index in [9.17, 15) is 14.4 Å². The Morgan fingerprint density at radius 1 is 1.07 bits per heavy atom. The molecule has 2 aromatic carbocycles. The topological polar surface area (TPSA) is 72.9 Å². The fraction of sp³-hybridized carbons (Fsp3) is 0.261. The van der Waals surface area contributed by atoms with E-state index >= 15 is 0 Å². The van der Waals surface area contributed by atoms with E-state index in [1.165, 1.54) is 12.0 Å². The average molecular weight is 391 g/mol. The van der Waals surface area contributed by atoms with Crippen LogP contribution in [0.4, 0.5) is 5.69 Å². The van der Waals surface area contributed by atoms with Crippen molar-refractivity contribution in [3.8, 4) is 0 Å². The summed E-state index contributed by atoms with van der Waals surface area (Å²) in [7, 11) is 1.32. The highest BCUT2D eigenvalue weighted by Crippen LogP contribution is 2.42. The number of imide groups is 1. The normalized spacial score (nSPS) is 23.1. The number of carbonyl (C=O) groups excluding carboxylic acids is 3. The summed E-state index contributed by atoms with van der Waals surface area (Å²) in [6.45, 7) is 0.431. The molecule has 0 saturated carbocycles. The quantitative estimate of drug-likeness (QED) is 0.456. The van der Waals surface area contributed by atoms with Gasteiger partial charge < -0.3 is 9.47 Å². The summed E-state index contributed by atoms with van der Waals surface area (Å²) in [6.07, 6.45) is 3.82. The Morgan fingerprint density at radius 2 is 1.79 bits per heavy atom. The van der Waals surface area contributed by atoms with Gasteiger partial charge in [-0.2, -0.15) is 0 Å². The summed E-state index contributed by atoms with van der Waals surface area (Å²) < 4.78 is 10.7. The van der Waals surface area contributed by atoms with Crippen LogP contribution in [-0.4, -0.2) is 37.1 Å². The van der Waals surface area contributed by atoms with Crippen LogP contribution in [-0.2, 0) is 19.1 Å². The fourth-order valence-corrected chi connectivity index (χ4v) is 3.85. The molecule has 29 heavy (non-hydrogen) atoms. The molecule has 6 nitrogen and oxygen atoms in total. The van der Waals surface area contributed by atoms with Gasteiger partial charge in [-0.05, 0) is 55.2 Å². The number of benzene rings is 2. The lowest BCUT2D eigenvalue weighted by molar-refractivity contribution is -0.140. The van der Waals surface area contributed by atoms with Crippen LogP contribution < -0.4 is 4.90 Å². The lowest BCUT2D eigenvalue weighted by Crippen LogP contribution is -2.45. The second-order valence-corrected chi connectivity index (χ2v) is 7.09. The zero-order valence-electron chi connectivity index (χ0n) is 16.1. The zero-order chi connectivity index (χ0) is 20.4. The molecule has 148 valence electrons. The molecule has 2 aromatic rings. The molecule has 6 heteroatoms. The highest BCUT2D eigenvalue weighted by Gasteiger charge is 2.57. The average Bonchev–Trinajstić information content (AvgIpc) is 2.96. The Bertz CT molecular complexity index is 972. The summed E-state index contributed by atoms with van der Waals surface area (Å²) in [4.78, 5) is 39.5. The van der Waals surface area contributed by atoms with Crippen LogP contribution in [0, 0.1) is 0 Å². The number of nitrogens with zero attached hydrogens (tertiary/aromatic N) is 1. The van der Waals surface area contributed by atoms with Crippen LogP contribution >= 0.6 is 0 Å². The molecule has 4 rings (SSSR count). The molecule has 0 bridgehead atoms. The first-order valence-electron chi connectivity index (χ1n) is 9.55. The van der Waals surface area contributed by atoms with Crippen LogP contribution in [0.25, 0.3) is 6.08 Å². The van der Waals surface area contributed by atoms with E-state index < -0.39 is 11.6 Å². The van der Waals surface area contributed by atoms with Gasteiger partial charge in [0.05, 0.1) is 23.9 Å². The maximum atomic E-state index is 13.4. The maximum absolute atomic E-state index is 13.4. The monoisotopic (exact) mass is 391 g/mol. The molecule has 2 saturated heterocycles. The number of rotatable bonds is 3. The molecule has 2 heterocycles. The Hall–Kier alpha value is -3.25. The number of hydrogen-bond donors (Lipinski definition) is 0. The first kappa shape index (κ1) is 19.1. The van der Waals surface area contributed by atoms with Gasteiger partial charge in [-0.1, -0.05) is 30.3 Å². The molecular formula is C23H21NO5. The van der Waals surface area contributed by atoms with Gasteiger partial charge in [-0.3, -0.25) is 9.59 Å². The molecule has 2 aliphatic heterocycles. The summed E-state index contributed by atoms with van der Waals surface area (Å²) >= 11 is 0. The number of anilines is 1. The predicted molar refractivity (Wildman–Crippen MR) is 107 cm³/mol. The SMILES string of the molecule is COC(=O)c1ccc(/C=C2/C(=O)N(c3ccccc3)C(=O)C23CCCCO3)cc1. The number of carbonyl (C=O) groups is 3. The largest absolute Gasteiger partial charge is 0.465 e. The molecular weight excluding hydrogens is 370 g/mol. The minimum Gasteiger partial charge on any atom is -0.465 e. The number of methoxy groups -OCH3 is 1. The smallest absolute Gasteiger partial charge is 0.337 e. The molecule has 0 radical (unpaired) electrons. The van der Waals surface area contributed by atoms with Crippen molar-refractivity contribution in [2.45, 2.75) is 24.9 Å². The van der Waals surface area contributed by atoms with Gasteiger partial charge >= 0.3 is 5.97 Å². The number of para-hydroxylation sites is 1. The standard InChI is InChI=1S/C23H21NO5/c1-28-21(26)17-11-9-16(10-12-17)15-19-20(25)24(18-7-3-2-4-8-18)22(27)23(19)13-5-6-14-29-23/h2-4,7-12,15H,5-6,13-14H2,1H3/b19-15-. The van der Waals surface area contributed by atoms with E-state index in [0.29, 0.717) is 35.4 Å². The Morgan fingerprint density at radius 3 is 2.41 bits per heavy atom. The van der Waals surface area contributed by atoms with Crippen molar-refractivity contribution in [3.05, 3.63) is 71.3 Å². The molecule has 1 atom stereocenters. The molecule has 2 amide bonds. The number of hydrogen-bond acceptors (Lipinski definition) is 5. The Balaban J connectivity index is 1.77. The lowest BCUT2D eigenvalue weighted by atomic mass is 9.86. The van der Waals surface area contributed by atoms with Crippen molar-refractivity contribution < 1.29 is 23.9 Å². The first-order valence-corrected chi connectivity index (χ1v) is 9.55. The van der Waals surface area contributed by atoms with Crippen molar-refractivity contribution in [2.24, 2.45) is 0 Å². The molecule has 0 aromatic heterocycles. The third kappa shape index (κ3) is 3.25. The lowest BCUT2D eigenvalue weighted by Gasteiger charge is -2.32. The second kappa shape index (κ2) is 7.64. The second-order valence-electron chi connectivity index (χ2n) is 7.09. The van der Waals surface area contributed by atoms with Crippen molar-refractivity contribution in [2.75, 3.05) is 18.6 Å². The van der Waals surface area contributed by atoms with Gasteiger partial charge in [0, 0.05) is 6.61 Å². The minimum atomic E-state index is -1.26. The molecule has 2 aliphatic rings. The highest BCUT2D eigenvalue weighted by atomic mass is 16.5. The Kier molecular flexibility index (Phi) is 5.03. The van der Waals surface area contributed by atoms with Crippen molar-refractivity contribution in [1.29, 1.82) is 0 Å². The van der Waals surface area contributed by atoms with Crippen LogP contribution in [0.3, 0.4) is 0 Å². The minimum absolute atomic E-state index is 0.330. The summed E-state index contributed by atoms with van der Waals surface area (Å²) in [5.74, 6) is -1.15. The summed E-state index contributed by atoms with van der Waals surface area (Å²) in [6, 6.07) is 15.6. The van der Waals surface area contributed by atoms with Crippen LogP contribution in [0.2, 0.25) is 0 Å². The van der Waals surface area contributed by atoms with Gasteiger partial charge in [0.2, 0.25) is 0 Å². The van der Waals surface area contributed by atoms with E-state index in [-0.39, 0.29) is 11.8 Å². The van der Waals surface area contributed by atoms with E-state index in [1.807, 2.05) is 6.07 Å². The van der Waals surface area contributed by atoms with E-state index in [1.54, 1.807) is 54.6 Å². The third-order valence-electron chi connectivity index (χ3n) is 5.35. The summed E-state index contributed by atoms with van der Waals surface area (Å²) in [5.41, 5.74) is 0.722. The number of ether oxygens (including phenoxy) is 2. The molecule has 1 unspecified atom stereocenters. The molecule has 1 spiro atoms. The van der Waals surface area contributed by atoms with Gasteiger partial charge in [0.15, 0.2) is 5.60 Å². The number of amides is 2. The van der Waals surface area contributed by atoms with Crippen molar-refractivity contribution in [1.82, 2.24) is 0 Å². The maximum Gasteiger partial charge on any atom is 0.337 e. The van der Waals surface area contributed by atoms with E-state index in [0.717, 1.165) is 12.8 Å².